The van der Waals surface area contributed by atoms with E-state index in [9.17, 15) is 9.18 Å². The van der Waals surface area contributed by atoms with Crippen LogP contribution in [0.1, 0.15) is 31.2 Å². The first kappa shape index (κ1) is 18.6. The molecule has 1 atom stereocenters. The molecule has 1 aliphatic carbocycles. The molecule has 5 nitrogen and oxygen atoms in total. The monoisotopic (exact) mass is 394 g/mol. The number of carbonyl (C=O) groups is 1. The van der Waals surface area contributed by atoms with E-state index < -0.39 is 0 Å². The van der Waals surface area contributed by atoms with Gasteiger partial charge in [0.15, 0.2) is 5.82 Å². The van der Waals surface area contributed by atoms with Crippen molar-refractivity contribution in [2.24, 2.45) is 5.92 Å². The van der Waals surface area contributed by atoms with Gasteiger partial charge in [0.2, 0.25) is 5.91 Å². The van der Waals surface area contributed by atoms with Crippen LogP contribution in [-0.4, -0.2) is 48.0 Å². The lowest BCUT2D eigenvalue weighted by molar-refractivity contribution is -0.124. The van der Waals surface area contributed by atoms with Gasteiger partial charge in [-0.1, -0.05) is 18.6 Å². The number of pyridine rings is 1. The summed E-state index contributed by atoms with van der Waals surface area (Å²) in [7, 11) is 0. The van der Waals surface area contributed by atoms with Crippen LogP contribution >= 0.6 is 0 Å². The Labute approximate surface area is 171 Å². The highest BCUT2D eigenvalue weighted by Gasteiger charge is 2.37. The van der Waals surface area contributed by atoms with Crippen molar-refractivity contribution in [3.8, 4) is 0 Å². The van der Waals surface area contributed by atoms with Crippen LogP contribution in [0.15, 0.2) is 42.6 Å². The van der Waals surface area contributed by atoms with Gasteiger partial charge in [-0.25, -0.2) is 9.37 Å². The lowest BCUT2D eigenvalue weighted by Crippen LogP contribution is -2.53. The van der Waals surface area contributed by atoms with Crippen molar-refractivity contribution in [2.45, 2.75) is 38.3 Å². The molecule has 1 saturated carbocycles. The third kappa shape index (κ3) is 3.62. The summed E-state index contributed by atoms with van der Waals surface area (Å²) in [5.41, 5.74) is 2.10. The van der Waals surface area contributed by atoms with Gasteiger partial charge in [0, 0.05) is 50.9 Å². The SMILES string of the molecule is O=C(C1CCC1)N1CCC2CN(Cc3ccc(F)cc3)CCN2c2ncccc21. The number of aromatic nitrogens is 1. The Bertz CT molecular complexity index is 883. The van der Waals surface area contributed by atoms with Crippen LogP contribution in [0.2, 0.25) is 0 Å². The molecule has 2 fully saturated rings. The Balaban J connectivity index is 1.35. The quantitative estimate of drug-likeness (QED) is 0.800. The number of fused-ring (bicyclic) bond motifs is 3. The van der Waals surface area contributed by atoms with Gasteiger partial charge < -0.3 is 9.80 Å². The fraction of sp³-hybridized carbons (Fsp3) is 0.478. The van der Waals surface area contributed by atoms with Gasteiger partial charge >= 0.3 is 0 Å². The third-order valence-electron chi connectivity index (χ3n) is 6.62. The smallest absolute Gasteiger partial charge is 0.230 e. The van der Waals surface area contributed by atoms with Crippen molar-refractivity contribution in [3.05, 3.63) is 54.0 Å². The minimum absolute atomic E-state index is 0.188. The molecule has 0 N–H and O–H groups in total. The number of piperazine rings is 1. The Morgan fingerprint density at radius 1 is 1.07 bits per heavy atom. The summed E-state index contributed by atoms with van der Waals surface area (Å²) in [6.07, 6.45) is 5.97. The molecule has 0 spiro atoms. The molecule has 6 heteroatoms. The summed E-state index contributed by atoms with van der Waals surface area (Å²) in [6.45, 7) is 4.32. The number of rotatable bonds is 3. The number of anilines is 2. The molecule has 1 aromatic carbocycles. The molecule has 5 rings (SSSR count). The fourth-order valence-corrected chi connectivity index (χ4v) is 4.76. The van der Waals surface area contributed by atoms with Crippen LogP contribution in [0.4, 0.5) is 15.9 Å². The number of hydrogen-bond donors (Lipinski definition) is 0. The molecule has 2 aromatic rings. The van der Waals surface area contributed by atoms with Crippen LogP contribution in [-0.2, 0) is 11.3 Å². The van der Waals surface area contributed by atoms with Crippen LogP contribution in [0, 0.1) is 11.7 Å². The molecular weight excluding hydrogens is 367 g/mol. The zero-order valence-corrected chi connectivity index (χ0v) is 16.6. The number of halogens is 1. The summed E-state index contributed by atoms with van der Waals surface area (Å²) in [5.74, 6) is 1.21. The topological polar surface area (TPSA) is 39.7 Å². The second-order valence-corrected chi connectivity index (χ2v) is 8.46. The molecule has 2 aliphatic heterocycles. The van der Waals surface area contributed by atoms with E-state index in [1.165, 1.54) is 12.1 Å². The van der Waals surface area contributed by atoms with Gasteiger partial charge in [0.1, 0.15) is 5.82 Å². The summed E-state index contributed by atoms with van der Waals surface area (Å²) in [6, 6.07) is 11.1. The molecule has 1 saturated heterocycles. The van der Waals surface area contributed by atoms with Gasteiger partial charge in [0.05, 0.1) is 5.69 Å². The molecule has 1 amide bonds. The molecule has 29 heavy (non-hydrogen) atoms. The van der Waals surface area contributed by atoms with Crippen molar-refractivity contribution in [1.29, 1.82) is 0 Å². The summed E-state index contributed by atoms with van der Waals surface area (Å²) >= 11 is 0. The Hall–Kier alpha value is -2.47. The van der Waals surface area contributed by atoms with E-state index >= 15 is 0 Å². The maximum atomic E-state index is 13.2. The Morgan fingerprint density at radius 3 is 2.66 bits per heavy atom. The standard InChI is InChI=1S/C23H27FN4O/c24-19-8-6-17(7-9-19)15-26-13-14-27-20(16-26)10-12-28(23(29)18-3-1-4-18)21-5-2-11-25-22(21)27/h2,5-9,11,18,20H,1,3-4,10,12-16H2. The van der Waals surface area contributed by atoms with Gasteiger partial charge in [-0.2, -0.15) is 0 Å². The summed E-state index contributed by atoms with van der Waals surface area (Å²) in [4.78, 5) is 24.6. The average Bonchev–Trinajstić information content (AvgIpc) is 2.85. The predicted octanol–water partition coefficient (Wildman–Crippen LogP) is 3.45. The number of benzene rings is 1. The minimum Gasteiger partial charge on any atom is -0.349 e. The van der Waals surface area contributed by atoms with E-state index in [0.717, 1.165) is 75.5 Å². The Kier molecular flexibility index (Phi) is 4.96. The first-order valence-corrected chi connectivity index (χ1v) is 10.7. The normalized spacial score (nSPS) is 22.4. The molecule has 1 aromatic heterocycles. The van der Waals surface area contributed by atoms with Gasteiger partial charge in [-0.3, -0.25) is 9.69 Å². The number of carbonyl (C=O) groups excluding carboxylic acids is 1. The summed E-state index contributed by atoms with van der Waals surface area (Å²) < 4.78 is 13.2. The lowest BCUT2D eigenvalue weighted by atomic mass is 9.84. The second-order valence-electron chi connectivity index (χ2n) is 8.46. The molecule has 3 aliphatic rings. The first-order chi connectivity index (χ1) is 14.2. The largest absolute Gasteiger partial charge is 0.349 e. The van der Waals surface area contributed by atoms with E-state index in [-0.39, 0.29) is 17.6 Å². The lowest BCUT2D eigenvalue weighted by Gasteiger charge is -2.41. The van der Waals surface area contributed by atoms with Gasteiger partial charge in [-0.15, -0.1) is 0 Å². The van der Waals surface area contributed by atoms with Gasteiger partial charge in [0.25, 0.3) is 0 Å². The predicted molar refractivity (Wildman–Crippen MR) is 111 cm³/mol. The zero-order valence-electron chi connectivity index (χ0n) is 16.6. The van der Waals surface area contributed by atoms with Crippen LogP contribution in [0.3, 0.4) is 0 Å². The van der Waals surface area contributed by atoms with Crippen LogP contribution < -0.4 is 9.80 Å². The van der Waals surface area contributed by atoms with Crippen LogP contribution in [0.25, 0.3) is 0 Å². The van der Waals surface area contributed by atoms with Crippen molar-refractivity contribution in [1.82, 2.24) is 9.88 Å². The Morgan fingerprint density at radius 2 is 1.90 bits per heavy atom. The molecule has 152 valence electrons. The van der Waals surface area contributed by atoms with E-state index in [0.29, 0.717) is 6.04 Å². The van der Waals surface area contributed by atoms with Crippen molar-refractivity contribution in [2.75, 3.05) is 36.0 Å². The molecule has 0 bridgehead atoms. The molecular formula is C23H27FN4O. The maximum absolute atomic E-state index is 13.2. The molecule has 3 heterocycles. The van der Waals surface area contributed by atoms with Crippen molar-refractivity contribution >= 4 is 17.4 Å². The number of nitrogens with zero attached hydrogens (tertiary/aromatic N) is 4. The van der Waals surface area contributed by atoms with E-state index in [2.05, 4.69) is 9.80 Å². The summed E-state index contributed by atoms with van der Waals surface area (Å²) in [5, 5.41) is 0. The third-order valence-corrected chi connectivity index (χ3v) is 6.62. The highest BCUT2D eigenvalue weighted by Crippen LogP contribution is 2.37. The van der Waals surface area contributed by atoms with Crippen molar-refractivity contribution in [3.63, 3.8) is 0 Å². The second kappa shape index (κ2) is 7.75. The average molecular weight is 394 g/mol. The molecule has 0 radical (unpaired) electrons. The van der Waals surface area contributed by atoms with E-state index in [4.69, 9.17) is 4.98 Å². The minimum atomic E-state index is -0.193. The number of amides is 1. The van der Waals surface area contributed by atoms with Gasteiger partial charge in [-0.05, 0) is 49.1 Å². The number of hydrogen-bond acceptors (Lipinski definition) is 4. The van der Waals surface area contributed by atoms with Crippen LogP contribution in [0.5, 0.6) is 0 Å². The van der Waals surface area contributed by atoms with E-state index in [1.54, 1.807) is 0 Å². The maximum Gasteiger partial charge on any atom is 0.230 e. The highest BCUT2D eigenvalue weighted by molar-refractivity contribution is 5.98. The zero-order chi connectivity index (χ0) is 19.8. The van der Waals surface area contributed by atoms with E-state index in [1.807, 2.05) is 35.4 Å². The first-order valence-electron chi connectivity index (χ1n) is 10.7. The molecule has 1 unspecified atom stereocenters. The highest BCUT2D eigenvalue weighted by atomic mass is 19.1. The van der Waals surface area contributed by atoms with Crippen molar-refractivity contribution < 1.29 is 9.18 Å². The fourth-order valence-electron chi connectivity index (χ4n) is 4.76.